The Hall–Kier alpha value is -1.69. The molecule has 4 aliphatic heterocycles. The average Bonchev–Trinajstić information content (AvgIpc) is 2.87. The van der Waals surface area contributed by atoms with Gasteiger partial charge in [-0.1, -0.05) is 0 Å². The van der Waals surface area contributed by atoms with Crippen molar-refractivity contribution < 1.29 is 9.13 Å². The number of pyridine rings is 1. The first-order valence-corrected chi connectivity index (χ1v) is 7.50. The van der Waals surface area contributed by atoms with Gasteiger partial charge in [-0.25, -0.2) is 14.4 Å². The second kappa shape index (κ2) is 4.66. The molecule has 1 aromatic rings. The maximum Gasteiger partial charge on any atom is 0.291 e. The SMILES string of the molecule is Cc1cc(NC2=NC[C@@]3(CN4CCC3CC4)O2)ncc1F. The van der Waals surface area contributed by atoms with Gasteiger partial charge in [0, 0.05) is 12.5 Å². The Morgan fingerprint density at radius 2 is 2.24 bits per heavy atom. The van der Waals surface area contributed by atoms with Crippen molar-refractivity contribution in [1.29, 1.82) is 0 Å². The van der Waals surface area contributed by atoms with Crippen LogP contribution in [-0.2, 0) is 4.74 Å². The van der Waals surface area contributed by atoms with Gasteiger partial charge in [-0.05, 0) is 44.5 Å². The molecule has 1 atom stereocenters. The zero-order valence-electron chi connectivity index (χ0n) is 12.1. The molecule has 0 radical (unpaired) electrons. The van der Waals surface area contributed by atoms with Gasteiger partial charge in [0.2, 0.25) is 0 Å². The minimum Gasteiger partial charge on any atom is -0.455 e. The highest BCUT2D eigenvalue weighted by atomic mass is 19.1. The van der Waals surface area contributed by atoms with Gasteiger partial charge >= 0.3 is 0 Å². The van der Waals surface area contributed by atoms with Crippen LogP contribution in [0.5, 0.6) is 0 Å². The van der Waals surface area contributed by atoms with Crippen molar-refractivity contribution >= 4 is 11.8 Å². The minimum absolute atomic E-state index is 0.159. The van der Waals surface area contributed by atoms with Crippen molar-refractivity contribution in [3.05, 3.63) is 23.6 Å². The van der Waals surface area contributed by atoms with E-state index in [9.17, 15) is 4.39 Å². The largest absolute Gasteiger partial charge is 0.455 e. The number of hydrogen-bond acceptors (Lipinski definition) is 5. The number of nitrogens with one attached hydrogen (secondary N) is 1. The Bertz CT molecular complexity index is 597. The first-order chi connectivity index (χ1) is 10.1. The third-order valence-electron chi connectivity index (χ3n) is 4.90. The standard InChI is InChI=1S/C15H19FN4O/c1-10-6-13(17-7-12(10)16)19-14-18-8-15(21-14)9-20-4-2-11(15)3-5-20/h6-7,11H,2-5,8-9H2,1H3,(H,17,18,19)/t15-/m0/s1. The Morgan fingerprint density at radius 3 is 2.90 bits per heavy atom. The summed E-state index contributed by atoms with van der Waals surface area (Å²) >= 11 is 0. The van der Waals surface area contributed by atoms with E-state index in [0.717, 1.165) is 6.54 Å². The minimum atomic E-state index is -0.302. The Balaban J connectivity index is 1.47. The van der Waals surface area contributed by atoms with Gasteiger partial charge in [-0.3, -0.25) is 10.2 Å². The molecule has 5 rings (SSSR count). The molecule has 1 spiro atoms. The summed E-state index contributed by atoms with van der Waals surface area (Å²) in [6, 6.07) is 2.19. The van der Waals surface area contributed by atoms with Crippen LogP contribution in [0.15, 0.2) is 17.3 Å². The van der Waals surface area contributed by atoms with Crippen LogP contribution in [-0.4, -0.2) is 47.7 Å². The Morgan fingerprint density at radius 1 is 1.43 bits per heavy atom. The highest BCUT2D eigenvalue weighted by molar-refractivity contribution is 5.89. The number of aryl methyl sites for hydroxylation is 1. The average molecular weight is 290 g/mol. The molecule has 5 nitrogen and oxygen atoms in total. The molecule has 5 heterocycles. The van der Waals surface area contributed by atoms with Gasteiger partial charge in [0.25, 0.3) is 6.02 Å². The van der Waals surface area contributed by atoms with E-state index in [-0.39, 0.29) is 11.4 Å². The van der Waals surface area contributed by atoms with E-state index in [2.05, 4.69) is 20.2 Å². The van der Waals surface area contributed by atoms with Gasteiger partial charge in [0.1, 0.15) is 17.2 Å². The second-order valence-corrected chi connectivity index (χ2v) is 6.28. The van der Waals surface area contributed by atoms with E-state index in [0.29, 0.717) is 29.9 Å². The molecule has 0 unspecified atom stereocenters. The molecule has 0 aromatic carbocycles. The number of amidine groups is 1. The fourth-order valence-corrected chi connectivity index (χ4v) is 3.66. The van der Waals surface area contributed by atoms with Crippen LogP contribution >= 0.6 is 0 Å². The van der Waals surface area contributed by atoms with Crippen LogP contribution in [0.3, 0.4) is 0 Å². The molecule has 112 valence electrons. The maximum atomic E-state index is 13.2. The fourth-order valence-electron chi connectivity index (χ4n) is 3.66. The number of piperidine rings is 3. The molecule has 0 amide bonds. The second-order valence-electron chi connectivity index (χ2n) is 6.28. The molecule has 2 bridgehead atoms. The maximum absolute atomic E-state index is 13.2. The van der Waals surface area contributed by atoms with Gasteiger partial charge in [0.15, 0.2) is 0 Å². The molecular weight excluding hydrogens is 271 g/mol. The molecule has 1 N–H and O–H groups in total. The van der Waals surface area contributed by atoms with Crippen molar-refractivity contribution in [1.82, 2.24) is 9.88 Å². The quantitative estimate of drug-likeness (QED) is 0.857. The summed E-state index contributed by atoms with van der Waals surface area (Å²) in [7, 11) is 0. The van der Waals surface area contributed by atoms with E-state index >= 15 is 0 Å². The van der Waals surface area contributed by atoms with E-state index < -0.39 is 0 Å². The van der Waals surface area contributed by atoms with Crippen molar-refractivity contribution in [3.63, 3.8) is 0 Å². The van der Waals surface area contributed by atoms with Gasteiger partial charge in [0.05, 0.1) is 12.7 Å². The van der Waals surface area contributed by atoms with Crippen LogP contribution < -0.4 is 5.32 Å². The van der Waals surface area contributed by atoms with Crippen molar-refractivity contribution in [2.45, 2.75) is 25.4 Å². The number of hydrogen-bond donors (Lipinski definition) is 1. The highest BCUT2D eigenvalue weighted by Gasteiger charge is 2.51. The van der Waals surface area contributed by atoms with Crippen LogP contribution in [0.1, 0.15) is 18.4 Å². The van der Waals surface area contributed by atoms with Gasteiger partial charge in [-0.2, -0.15) is 0 Å². The highest BCUT2D eigenvalue weighted by Crippen LogP contribution is 2.40. The van der Waals surface area contributed by atoms with Crippen molar-refractivity contribution in [3.8, 4) is 0 Å². The van der Waals surface area contributed by atoms with E-state index in [1.54, 1.807) is 13.0 Å². The molecule has 4 aliphatic rings. The number of aromatic nitrogens is 1. The van der Waals surface area contributed by atoms with Crippen molar-refractivity contribution in [2.75, 3.05) is 31.5 Å². The van der Waals surface area contributed by atoms with E-state index in [1.807, 2.05) is 0 Å². The van der Waals surface area contributed by atoms with E-state index in [1.165, 1.54) is 32.1 Å². The summed E-state index contributed by atoms with van der Waals surface area (Å²) in [5.41, 5.74) is 0.400. The topological polar surface area (TPSA) is 49.8 Å². The first kappa shape index (κ1) is 13.0. The summed E-state index contributed by atoms with van der Waals surface area (Å²) < 4.78 is 19.4. The summed E-state index contributed by atoms with van der Waals surface area (Å²) in [5.74, 6) is 0.864. The predicted molar refractivity (Wildman–Crippen MR) is 77.8 cm³/mol. The number of ether oxygens (including phenoxy) is 1. The van der Waals surface area contributed by atoms with E-state index in [4.69, 9.17) is 4.74 Å². The monoisotopic (exact) mass is 290 g/mol. The lowest BCUT2D eigenvalue weighted by Gasteiger charge is -2.50. The summed E-state index contributed by atoms with van der Waals surface area (Å²) in [6.07, 6.45) is 3.60. The number of aliphatic imine (C=N–C) groups is 1. The summed E-state index contributed by atoms with van der Waals surface area (Å²) in [4.78, 5) is 11.0. The lowest BCUT2D eigenvalue weighted by Crippen LogP contribution is -2.61. The molecular formula is C15H19FN4O. The Kier molecular flexibility index (Phi) is 2.89. The first-order valence-electron chi connectivity index (χ1n) is 7.50. The fraction of sp³-hybridized carbons (Fsp3) is 0.600. The third-order valence-corrected chi connectivity index (χ3v) is 4.90. The Labute approximate surface area is 123 Å². The predicted octanol–water partition coefficient (Wildman–Crippen LogP) is 1.79. The smallest absolute Gasteiger partial charge is 0.291 e. The van der Waals surface area contributed by atoms with Crippen molar-refractivity contribution in [2.24, 2.45) is 10.9 Å². The van der Waals surface area contributed by atoms with Gasteiger partial charge < -0.3 is 4.74 Å². The summed E-state index contributed by atoms with van der Waals surface area (Å²) in [6.45, 7) is 5.74. The molecule has 21 heavy (non-hydrogen) atoms. The number of halogens is 1. The molecule has 3 saturated heterocycles. The molecule has 3 fully saturated rings. The zero-order valence-corrected chi connectivity index (χ0v) is 12.1. The van der Waals surface area contributed by atoms with Crippen LogP contribution in [0.25, 0.3) is 0 Å². The van der Waals surface area contributed by atoms with Crippen LogP contribution in [0, 0.1) is 18.7 Å². The number of fused-ring (bicyclic) bond motifs is 2. The number of nitrogens with zero attached hydrogens (tertiary/aromatic N) is 3. The lowest BCUT2D eigenvalue weighted by atomic mass is 9.75. The third kappa shape index (κ3) is 2.18. The molecule has 0 saturated carbocycles. The number of rotatable bonds is 1. The summed E-state index contributed by atoms with van der Waals surface area (Å²) in [5, 5.41) is 3.07. The van der Waals surface area contributed by atoms with Crippen LogP contribution in [0.4, 0.5) is 10.2 Å². The lowest BCUT2D eigenvalue weighted by molar-refractivity contribution is -0.0829. The molecule has 1 aromatic heterocycles. The molecule has 0 aliphatic carbocycles. The zero-order chi connectivity index (χ0) is 14.4. The number of anilines is 1. The molecule has 6 heteroatoms. The van der Waals surface area contributed by atoms with Gasteiger partial charge in [-0.15, -0.1) is 0 Å². The van der Waals surface area contributed by atoms with Crippen LogP contribution in [0.2, 0.25) is 0 Å². The normalized spacial score (nSPS) is 33.9.